The fraction of sp³-hybridized carbons (Fsp3) is 0.333. The third-order valence-corrected chi connectivity index (χ3v) is 3.66. The molecule has 0 aliphatic carbocycles. The molecular weight excluding hydrogens is 244 g/mol. The van der Waals surface area contributed by atoms with Gasteiger partial charge in [0, 0.05) is 18.3 Å². The summed E-state index contributed by atoms with van der Waals surface area (Å²) in [6, 6.07) is 19.3. The van der Waals surface area contributed by atoms with E-state index in [1.54, 1.807) is 0 Å². The molecule has 0 saturated heterocycles. The SMILES string of the molecule is CC(C)C(N)CCNc1ccc(-c2ccccc2)cc1. The van der Waals surface area contributed by atoms with Crippen molar-refractivity contribution in [3.05, 3.63) is 54.6 Å². The summed E-state index contributed by atoms with van der Waals surface area (Å²) in [6.45, 7) is 5.25. The van der Waals surface area contributed by atoms with E-state index in [0.29, 0.717) is 5.92 Å². The normalized spacial score (nSPS) is 12.4. The van der Waals surface area contributed by atoms with Crippen molar-refractivity contribution in [3.63, 3.8) is 0 Å². The molecule has 0 fully saturated rings. The number of nitrogens with one attached hydrogen (secondary N) is 1. The van der Waals surface area contributed by atoms with E-state index in [9.17, 15) is 0 Å². The molecule has 2 aromatic rings. The molecule has 0 bridgehead atoms. The number of benzene rings is 2. The summed E-state index contributed by atoms with van der Waals surface area (Å²) in [7, 11) is 0. The fourth-order valence-corrected chi connectivity index (χ4v) is 2.13. The number of hydrogen-bond donors (Lipinski definition) is 2. The summed E-state index contributed by atoms with van der Waals surface area (Å²) in [5.74, 6) is 0.539. The van der Waals surface area contributed by atoms with Crippen molar-refractivity contribution < 1.29 is 0 Å². The first-order valence-corrected chi connectivity index (χ1v) is 7.32. The fourth-order valence-electron chi connectivity index (χ4n) is 2.13. The van der Waals surface area contributed by atoms with Gasteiger partial charge in [-0.25, -0.2) is 0 Å². The quantitative estimate of drug-likeness (QED) is 0.826. The molecule has 0 radical (unpaired) electrons. The molecule has 0 aromatic heterocycles. The number of nitrogens with two attached hydrogens (primary N) is 1. The molecule has 1 atom stereocenters. The average molecular weight is 268 g/mol. The molecular formula is C18H24N2. The molecule has 2 nitrogen and oxygen atoms in total. The van der Waals surface area contributed by atoms with Gasteiger partial charge in [-0.15, -0.1) is 0 Å². The maximum absolute atomic E-state index is 6.04. The second kappa shape index (κ2) is 7.11. The highest BCUT2D eigenvalue weighted by molar-refractivity contribution is 5.65. The van der Waals surface area contributed by atoms with Crippen LogP contribution < -0.4 is 11.1 Å². The first kappa shape index (κ1) is 14.6. The molecule has 2 rings (SSSR count). The van der Waals surface area contributed by atoms with Crippen LogP contribution in [0.25, 0.3) is 11.1 Å². The van der Waals surface area contributed by atoms with Crippen LogP contribution in [0.2, 0.25) is 0 Å². The minimum Gasteiger partial charge on any atom is -0.385 e. The smallest absolute Gasteiger partial charge is 0.0340 e. The van der Waals surface area contributed by atoms with Crippen molar-refractivity contribution in [2.45, 2.75) is 26.3 Å². The van der Waals surface area contributed by atoms with Crippen molar-refractivity contribution in [2.24, 2.45) is 11.7 Å². The lowest BCUT2D eigenvalue weighted by atomic mass is 10.0. The van der Waals surface area contributed by atoms with Crippen LogP contribution in [0.1, 0.15) is 20.3 Å². The standard InChI is InChI=1S/C18H24N2/c1-14(2)18(19)12-13-20-17-10-8-16(9-11-17)15-6-4-3-5-7-15/h3-11,14,18,20H,12-13,19H2,1-2H3. The lowest BCUT2D eigenvalue weighted by Crippen LogP contribution is -2.28. The Kier molecular flexibility index (Phi) is 5.19. The molecule has 0 saturated carbocycles. The minimum absolute atomic E-state index is 0.270. The Morgan fingerprint density at radius 1 is 0.900 bits per heavy atom. The Labute approximate surface area is 122 Å². The van der Waals surface area contributed by atoms with Gasteiger partial charge in [-0.1, -0.05) is 56.3 Å². The van der Waals surface area contributed by atoms with Gasteiger partial charge >= 0.3 is 0 Å². The van der Waals surface area contributed by atoms with Crippen LogP contribution in [-0.4, -0.2) is 12.6 Å². The number of anilines is 1. The number of hydrogen-bond acceptors (Lipinski definition) is 2. The van der Waals surface area contributed by atoms with Gasteiger partial charge in [0.25, 0.3) is 0 Å². The highest BCUT2D eigenvalue weighted by Crippen LogP contribution is 2.21. The Balaban J connectivity index is 1.89. The van der Waals surface area contributed by atoms with Crippen molar-refractivity contribution in [2.75, 3.05) is 11.9 Å². The summed E-state index contributed by atoms with van der Waals surface area (Å²) < 4.78 is 0. The third-order valence-electron chi connectivity index (χ3n) is 3.66. The molecule has 0 aliphatic heterocycles. The molecule has 1 unspecified atom stereocenters. The van der Waals surface area contributed by atoms with Crippen LogP contribution >= 0.6 is 0 Å². The van der Waals surface area contributed by atoms with E-state index in [2.05, 4.69) is 67.7 Å². The molecule has 20 heavy (non-hydrogen) atoms. The topological polar surface area (TPSA) is 38.0 Å². The monoisotopic (exact) mass is 268 g/mol. The Hall–Kier alpha value is -1.80. The van der Waals surface area contributed by atoms with Crippen molar-refractivity contribution in [1.29, 1.82) is 0 Å². The zero-order valence-corrected chi connectivity index (χ0v) is 12.3. The van der Waals surface area contributed by atoms with E-state index in [1.807, 2.05) is 6.07 Å². The van der Waals surface area contributed by atoms with E-state index >= 15 is 0 Å². The lowest BCUT2D eigenvalue weighted by molar-refractivity contribution is 0.474. The van der Waals surface area contributed by atoms with Crippen LogP contribution in [0.5, 0.6) is 0 Å². The molecule has 0 spiro atoms. The van der Waals surface area contributed by atoms with E-state index < -0.39 is 0 Å². The molecule has 0 heterocycles. The maximum Gasteiger partial charge on any atom is 0.0340 e. The molecule has 0 amide bonds. The summed E-state index contributed by atoms with van der Waals surface area (Å²) in [5.41, 5.74) is 9.69. The summed E-state index contributed by atoms with van der Waals surface area (Å²) in [5, 5.41) is 3.43. The predicted molar refractivity (Wildman–Crippen MR) is 87.8 cm³/mol. The predicted octanol–water partition coefficient (Wildman–Crippen LogP) is 4.14. The molecule has 2 aromatic carbocycles. The van der Waals surface area contributed by atoms with Gasteiger partial charge in [-0.3, -0.25) is 0 Å². The van der Waals surface area contributed by atoms with Crippen LogP contribution in [0.4, 0.5) is 5.69 Å². The third kappa shape index (κ3) is 4.10. The maximum atomic E-state index is 6.04. The summed E-state index contributed by atoms with van der Waals surface area (Å²) in [4.78, 5) is 0. The van der Waals surface area contributed by atoms with Crippen molar-refractivity contribution in [1.82, 2.24) is 0 Å². The second-order valence-electron chi connectivity index (χ2n) is 5.57. The van der Waals surface area contributed by atoms with Crippen molar-refractivity contribution in [3.8, 4) is 11.1 Å². The van der Waals surface area contributed by atoms with E-state index in [-0.39, 0.29) is 6.04 Å². The van der Waals surface area contributed by atoms with Crippen LogP contribution in [-0.2, 0) is 0 Å². The Morgan fingerprint density at radius 3 is 2.10 bits per heavy atom. The zero-order valence-electron chi connectivity index (χ0n) is 12.3. The van der Waals surface area contributed by atoms with Crippen LogP contribution in [0, 0.1) is 5.92 Å². The van der Waals surface area contributed by atoms with Gasteiger partial charge in [0.15, 0.2) is 0 Å². The van der Waals surface area contributed by atoms with Crippen LogP contribution in [0.3, 0.4) is 0 Å². The Bertz CT molecular complexity index is 503. The lowest BCUT2D eigenvalue weighted by Gasteiger charge is -2.16. The van der Waals surface area contributed by atoms with Gasteiger partial charge < -0.3 is 11.1 Å². The molecule has 2 heteroatoms. The highest BCUT2D eigenvalue weighted by Gasteiger charge is 2.06. The average Bonchev–Trinajstić information content (AvgIpc) is 2.48. The van der Waals surface area contributed by atoms with Gasteiger partial charge in [0.2, 0.25) is 0 Å². The van der Waals surface area contributed by atoms with E-state index in [4.69, 9.17) is 5.73 Å². The largest absolute Gasteiger partial charge is 0.385 e. The first-order valence-electron chi connectivity index (χ1n) is 7.32. The molecule has 3 N–H and O–H groups in total. The van der Waals surface area contributed by atoms with E-state index in [1.165, 1.54) is 11.1 Å². The summed E-state index contributed by atoms with van der Waals surface area (Å²) in [6.07, 6.45) is 0.998. The molecule has 106 valence electrons. The first-order chi connectivity index (χ1) is 9.66. The van der Waals surface area contributed by atoms with Gasteiger partial charge in [0.1, 0.15) is 0 Å². The highest BCUT2D eigenvalue weighted by atomic mass is 14.9. The van der Waals surface area contributed by atoms with E-state index in [0.717, 1.165) is 18.7 Å². The van der Waals surface area contributed by atoms with Crippen LogP contribution in [0.15, 0.2) is 54.6 Å². The van der Waals surface area contributed by atoms with Gasteiger partial charge in [-0.05, 0) is 35.6 Å². The zero-order chi connectivity index (χ0) is 14.4. The van der Waals surface area contributed by atoms with Crippen molar-refractivity contribution >= 4 is 5.69 Å². The number of rotatable bonds is 6. The summed E-state index contributed by atoms with van der Waals surface area (Å²) >= 11 is 0. The molecule has 0 aliphatic rings. The van der Waals surface area contributed by atoms with Gasteiger partial charge in [-0.2, -0.15) is 0 Å². The second-order valence-corrected chi connectivity index (χ2v) is 5.57. The Morgan fingerprint density at radius 2 is 1.50 bits per heavy atom. The minimum atomic E-state index is 0.270. The van der Waals surface area contributed by atoms with Gasteiger partial charge in [0.05, 0.1) is 0 Å².